The largest absolute Gasteiger partial charge is 0.393 e. The number of amides is 1. The number of ether oxygens (including phenoxy) is 1. The van der Waals surface area contributed by atoms with Gasteiger partial charge in [0.2, 0.25) is 5.91 Å². The molecule has 4 heteroatoms. The van der Waals surface area contributed by atoms with E-state index in [4.69, 9.17) is 9.84 Å². The van der Waals surface area contributed by atoms with Crippen LogP contribution in [-0.2, 0) is 9.53 Å². The molecule has 0 aliphatic rings. The summed E-state index contributed by atoms with van der Waals surface area (Å²) in [6.07, 6.45) is 0.441. The fourth-order valence-electron chi connectivity index (χ4n) is 1.18. The lowest BCUT2D eigenvalue weighted by molar-refractivity contribution is -0.123. The zero-order valence-electron chi connectivity index (χ0n) is 10.2. The number of carbonyl (C=O) groups is 1. The van der Waals surface area contributed by atoms with Gasteiger partial charge in [-0.05, 0) is 34.1 Å². The van der Waals surface area contributed by atoms with Crippen molar-refractivity contribution in [1.82, 2.24) is 5.32 Å². The van der Waals surface area contributed by atoms with E-state index in [9.17, 15) is 4.79 Å². The van der Waals surface area contributed by atoms with Gasteiger partial charge in [0, 0.05) is 19.6 Å². The van der Waals surface area contributed by atoms with Gasteiger partial charge in [-0.25, -0.2) is 0 Å². The molecule has 1 amide bonds. The van der Waals surface area contributed by atoms with E-state index < -0.39 is 6.10 Å². The summed E-state index contributed by atoms with van der Waals surface area (Å²) in [6.45, 7) is 8.61. The Morgan fingerprint density at radius 3 is 2.60 bits per heavy atom. The minimum atomic E-state index is -0.421. The van der Waals surface area contributed by atoms with E-state index >= 15 is 0 Å². The summed E-state index contributed by atoms with van der Waals surface area (Å²) < 4.78 is 5.44. The molecule has 0 heterocycles. The van der Waals surface area contributed by atoms with Crippen LogP contribution in [0.5, 0.6) is 0 Å². The predicted molar refractivity (Wildman–Crippen MR) is 59.6 cm³/mol. The molecule has 0 aromatic rings. The molecule has 4 nitrogen and oxygen atoms in total. The van der Waals surface area contributed by atoms with E-state index in [0.29, 0.717) is 26.0 Å². The third-order valence-electron chi connectivity index (χ3n) is 2.04. The highest BCUT2D eigenvalue weighted by Gasteiger charge is 2.18. The number of aliphatic hydroxyl groups is 1. The Kier molecular flexibility index (Phi) is 6.52. The lowest BCUT2D eigenvalue weighted by Gasteiger charge is -2.24. The molecule has 0 fully saturated rings. The predicted octanol–water partition coefficient (Wildman–Crippen LogP) is 1.08. The van der Waals surface area contributed by atoms with Crippen molar-refractivity contribution < 1.29 is 14.6 Å². The SMILES string of the molecule is CCOC(C)(C)CNC(=O)CCC(C)O. The van der Waals surface area contributed by atoms with Crippen molar-refractivity contribution in [3.63, 3.8) is 0 Å². The molecule has 0 aromatic carbocycles. The van der Waals surface area contributed by atoms with Gasteiger partial charge in [-0.15, -0.1) is 0 Å². The number of carbonyl (C=O) groups excluding carboxylic acids is 1. The molecule has 2 N–H and O–H groups in total. The second-order valence-corrected chi connectivity index (χ2v) is 4.36. The zero-order valence-corrected chi connectivity index (χ0v) is 10.2. The van der Waals surface area contributed by atoms with Gasteiger partial charge in [0.05, 0.1) is 11.7 Å². The van der Waals surface area contributed by atoms with Crippen LogP contribution >= 0.6 is 0 Å². The molecule has 0 aliphatic carbocycles. The van der Waals surface area contributed by atoms with Crippen molar-refractivity contribution in [2.24, 2.45) is 0 Å². The molecule has 0 saturated heterocycles. The van der Waals surface area contributed by atoms with E-state index in [1.165, 1.54) is 0 Å². The minimum Gasteiger partial charge on any atom is -0.393 e. The number of rotatable bonds is 7. The summed E-state index contributed by atoms with van der Waals surface area (Å²) in [5, 5.41) is 11.8. The highest BCUT2D eigenvalue weighted by molar-refractivity contribution is 5.75. The maximum atomic E-state index is 11.3. The summed E-state index contributed by atoms with van der Waals surface area (Å²) >= 11 is 0. The summed E-state index contributed by atoms with van der Waals surface area (Å²) in [5.74, 6) is -0.0383. The van der Waals surface area contributed by atoms with Gasteiger partial charge >= 0.3 is 0 Å². The highest BCUT2D eigenvalue weighted by atomic mass is 16.5. The van der Waals surface area contributed by atoms with Crippen LogP contribution in [0.15, 0.2) is 0 Å². The van der Waals surface area contributed by atoms with Crippen molar-refractivity contribution in [2.45, 2.75) is 52.2 Å². The first kappa shape index (κ1) is 14.4. The van der Waals surface area contributed by atoms with Crippen LogP contribution in [0.2, 0.25) is 0 Å². The van der Waals surface area contributed by atoms with Crippen molar-refractivity contribution in [1.29, 1.82) is 0 Å². The fourth-order valence-corrected chi connectivity index (χ4v) is 1.18. The number of nitrogens with one attached hydrogen (secondary N) is 1. The standard InChI is InChI=1S/C11H23NO3/c1-5-15-11(3,4)8-12-10(14)7-6-9(2)13/h9,13H,5-8H2,1-4H3,(H,12,14). The molecule has 0 spiro atoms. The van der Waals surface area contributed by atoms with E-state index in [1.807, 2.05) is 20.8 Å². The lowest BCUT2D eigenvalue weighted by atomic mass is 10.1. The summed E-state index contributed by atoms with van der Waals surface area (Å²) in [5.41, 5.74) is -0.324. The van der Waals surface area contributed by atoms with Gasteiger partial charge in [0.25, 0.3) is 0 Å². The third-order valence-corrected chi connectivity index (χ3v) is 2.04. The third kappa shape index (κ3) is 8.39. The molecule has 15 heavy (non-hydrogen) atoms. The van der Waals surface area contributed by atoms with Crippen molar-refractivity contribution in [2.75, 3.05) is 13.2 Å². The van der Waals surface area contributed by atoms with Crippen molar-refractivity contribution >= 4 is 5.91 Å². The molecule has 0 radical (unpaired) electrons. The van der Waals surface area contributed by atoms with Crippen LogP contribution in [-0.4, -0.2) is 35.9 Å². The van der Waals surface area contributed by atoms with Crippen LogP contribution in [0.4, 0.5) is 0 Å². The lowest BCUT2D eigenvalue weighted by Crippen LogP contribution is -2.40. The molecule has 0 bridgehead atoms. The fraction of sp³-hybridized carbons (Fsp3) is 0.909. The second-order valence-electron chi connectivity index (χ2n) is 4.36. The Labute approximate surface area is 92.0 Å². The van der Waals surface area contributed by atoms with Crippen LogP contribution in [0.25, 0.3) is 0 Å². The first-order chi connectivity index (χ1) is 6.87. The average Bonchev–Trinajstić information content (AvgIpc) is 2.11. The first-order valence-corrected chi connectivity index (χ1v) is 5.46. The van der Waals surface area contributed by atoms with E-state index in [1.54, 1.807) is 6.92 Å². The number of hydrogen-bond acceptors (Lipinski definition) is 3. The smallest absolute Gasteiger partial charge is 0.220 e. The second kappa shape index (κ2) is 6.80. The van der Waals surface area contributed by atoms with Crippen LogP contribution < -0.4 is 5.32 Å². The monoisotopic (exact) mass is 217 g/mol. The molecule has 0 saturated carbocycles. The minimum absolute atomic E-state index is 0.0383. The van der Waals surface area contributed by atoms with Gasteiger partial charge in [0.1, 0.15) is 0 Å². The molecule has 0 rings (SSSR count). The van der Waals surface area contributed by atoms with Crippen molar-refractivity contribution in [3.05, 3.63) is 0 Å². The summed E-state index contributed by atoms with van der Waals surface area (Å²) in [4.78, 5) is 11.3. The highest BCUT2D eigenvalue weighted by Crippen LogP contribution is 2.07. The summed E-state index contributed by atoms with van der Waals surface area (Å²) in [7, 11) is 0. The maximum Gasteiger partial charge on any atom is 0.220 e. The van der Waals surface area contributed by atoms with Gasteiger partial charge in [-0.1, -0.05) is 0 Å². The van der Waals surface area contributed by atoms with Crippen LogP contribution in [0.1, 0.15) is 40.5 Å². The van der Waals surface area contributed by atoms with Gasteiger partial charge in [0.15, 0.2) is 0 Å². The van der Waals surface area contributed by atoms with E-state index in [-0.39, 0.29) is 11.5 Å². The Morgan fingerprint density at radius 1 is 1.53 bits per heavy atom. The van der Waals surface area contributed by atoms with E-state index in [0.717, 1.165) is 0 Å². The normalized spacial score (nSPS) is 13.7. The first-order valence-electron chi connectivity index (χ1n) is 5.46. The summed E-state index contributed by atoms with van der Waals surface area (Å²) in [6, 6.07) is 0. The quantitative estimate of drug-likeness (QED) is 0.671. The topological polar surface area (TPSA) is 58.6 Å². The van der Waals surface area contributed by atoms with Gasteiger partial charge < -0.3 is 15.2 Å². The van der Waals surface area contributed by atoms with Crippen LogP contribution in [0, 0.1) is 0 Å². The average molecular weight is 217 g/mol. The molecule has 1 atom stereocenters. The zero-order chi connectivity index (χ0) is 11.9. The molecule has 0 aliphatic heterocycles. The number of hydrogen-bond donors (Lipinski definition) is 2. The molecule has 0 aromatic heterocycles. The Hall–Kier alpha value is -0.610. The van der Waals surface area contributed by atoms with Gasteiger partial charge in [-0.3, -0.25) is 4.79 Å². The molecular formula is C11H23NO3. The Bertz CT molecular complexity index is 190. The Balaban J connectivity index is 3.70. The number of aliphatic hydroxyl groups excluding tert-OH is 1. The molecule has 90 valence electrons. The Morgan fingerprint density at radius 2 is 2.13 bits per heavy atom. The van der Waals surface area contributed by atoms with Crippen molar-refractivity contribution in [3.8, 4) is 0 Å². The molecular weight excluding hydrogens is 194 g/mol. The van der Waals surface area contributed by atoms with E-state index in [2.05, 4.69) is 5.32 Å². The van der Waals surface area contributed by atoms with Crippen LogP contribution in [0.3, 0.4) is 0 Å². The maximum absolute atomic E-state index is 11.3. The van der Waals surface area contributed by atoms with Gasteiger partial charge in [-0.2, -0.15) is 0 Å². The molecule has 1 unspecified atom stereocenters.